The van der Waals surface area contributed by atoms with Crippen LogP contribution in [-0.2, 0) is 0 Å². The Morgan fingerprint density at radius 1 is 0.277 bits per heavy atom. The molecule has 6 heteroatoms. The molecule has 10 aromatic rings. The summed E-state index contributed by atoms with van der Waals surface area (Å²) in [4.78, 5) is 28.3. The molecule has 2 aliphatic rings. The number of aromatic nitrogens is 6. The first-order chi connectivity index (χ1) is 32.2. The van der Waals surface area contributed by atoms with Crippen LogP contribution in [0.3, 0.4) is 0 Å². The zero-order chi connectivity index (χ0) is 43.1. The fourth-order valence-corrected chi connectivity index (χ4v) is 9.21. The van der Waals surface area contributed by atoms with Crippen molar-refractivity contribution in [1.29, 1.82) is 0 Å². The normalized spacial score (nSPS) is 12.0. The molecule has 0 saturated heterocycles. The van der Waals surface area contributed by atoms with Gasteiger partial charge in [-0.1, -0.05) is 182 Å². The number of H-pyrrole nitrogens is 3. The van der Waals surface area contributed by atoms with Gasteiger partial charge in [0.25, 0.3) is 0 Å². The average molecular weight is 833 g/mol. The molecule has 0 unspecified atom stereocenters. The van der Waals surface area contributed by atoms with Crippen molar-refractivity contribution in [3.63, 3.8) is 0 Å². The van der Waals surface area contributed by atoms with Crippen LogP contribution >= 0.6 is 0 Å². The number of imidazole rings is 1. The first-order valence-corrected chi connectivity index (χ1v) is 21.9. The van der Waals surface area contributed by atoms with Gasteiger partial charge >= 0.3 is 0 Å². The molecule has 0 spiro atoms. The van der Waals surface area contributed by atoms with E-state index in [2.05, 4.69) is 227 Å². The smallest absolute Gasteiger partial charge is 0.140 e. The molecule has 6 nitrogen and oxygen atoms in total. The Bertz CT molecular complexity index is 3550. The molecule has 0 fully saturated rings. The van der Waals surface area contributed by atoms with E-state index in [9.17, 15) is 0 Å². The number of hydrogen-bond donors (Lipinski definition) is 3. The van der Waals surface area contributed by atoms with Crippen molar-refractivity contribution in [2.75, 3.05) is 0 Å². The van der Waals surface area contributed by atoms with E-state index >= 15 is 0 Å². The Labute approximate surface area is 376 Å². The van der Waals surface area contributed by atoms with Crippen LogP contribution in [0.5, 0.6) is 0 Å². The first-order valence-electron chi connectivity index (χ1n) is 21.9. The summed E-state index contributed by atoms with van der Waals surface area (Å²) < 4.78 is 0. The Balaban J connectivity index is 1.26. The lowest BCUT2D eigenvalue weighted by atomic mass is 9.99. The number of fused-ring (bicyclic) bond motifs is 8. The summed E-state index contributed by atoms with van der Waals surface area (Å²) in [6.45, 7) is 0. The zero-order valence-electron chi connectivity index (χ0n) is 35.2. The van der Waals surface area contributed by atoms with E-state index in [1.54, 1.807) is 0 Å². The molecule has 306 valence electrons. The zero-order valence-corrected chi connectivity index (χ0v) is 35.2. The lowest BCUT2D eigenvalue weighted by Gasteiger charge is -2.08. The van der Waals surface area contributed by atoms with Crippen molar-refractivity contribution in [3.05, 3.63) is 235 Å². The maximum atomic E-state index is 5.75. The van der Waals surface area contributed by atoms with Crippen molar-refractivity contribution >= 4 is 45.9 Å². The largest absolute Gasteiger partial charge is 0.354 e. The summed E-state index contributed by atoms with van der Waals surface area (Å²) in [6.07, 6.45) is 6.49. The molecular formula is C59H40N6. The molecule has 3 N–H and O–H groups in total. The molecule has 4 aromatic heterocycles. The standard InChI is InChI=1S/C59H40N6/c1-7-19-38(20-8-1)52-45-31-32-46(60-45)53(39-21-9-2-10-22-39)48-35-36-50(62-48)55(41-25-13-4-14-26-41)58-44(37-51(63-58)54(40-23-11-3-12-24-40)49-34-33-47(52)61-49)59-64-56(42-27-15-5-16-28-42)57(65-59)43-29-17-6-18-30-43/h1-37,61-62H,(H,64,65). The van der Waals surface area contributed by atoms with E-state index in [4.69, 9.17) is 15.0 Å². The van der Waals surface area contributed by atoms with E-state index in [1.165, 1.54) is 0 Å². The SMILES string of the molecule is C1=Cc2nc1c(-c1ccccc1)c1ccc([nH]1)c(-c1ccccc1)c1nc(c(-c3ccccc3)c3ccc([nH]3)c2-c2ccccc2)C(c2nc(-c3ccccc3)c(-c3ccccc3)[nH]2)=C1. The fourth-order valence-electron chi connectivity index (χ4n) is 9.21. The molecule has 8 bridgehead atoms. The van der Waals surface area contributed by atoms with E-state index < -0.39 is 0 Å². The van der Waals surface area contributed by atoms with Gasteiger partial charge in [0.05, 0.1) is 34.2 Å². The van der Waals surface area contributed by atoms with Crippen LogP contribution in [-0.4, -0.2) is 29.9 Å². The van der Waals surface area contributed by atoms with Gasteiger partial charge in [0.2, 0.25) is 0 Å². The summed E-state index contributed by atoms with van der Waals surface area (Å²) >= 11 is 0. The highest BCUT2D eigenvalue weighted by molar-refractivity contribution is 6.05. The minimum atomic E-state index is 0.721. The van der Waals surface area contributed by atoms with Crippen molar-refractivity contribution in [3.8, 4) is 67.0 Å². The molecule has 0 radical (unpaired) electrons. The van der Waals surface area contributed by atoms with E-state index in [-0.39, 0.29) is 0 Å². The Hall–Kier alpha value is -8.87. The molecule has 0 saturated carbocycles. The maximum absolute atomic E-state index is 5.75. The molecule has 6 aromatic carbocycles. The van der Waals surface area contributed by atoms with Gasteiger partial charge in [-0.15, -0.1) is 0 Å². The number of benzene rings is 6. The maximum Gasteiger partial charge on any atom is 0.140 e. The van der Waals surface area contributed by atoms with Gasteiger partial charge in [-0.3, -0.25) is 0 Å². The number of rotatable bonds is 7. The number of hydrogen-bond acceptors (Lipinski definition) is 3. The monoisotopic (exact) mass is 832 g/mol. The Morgan fingerprint density at radius 2 is 0.646 bits per heavy atom. The molecule has 12 rings (SSSR count). The van der Waals surface area contributed by atoms with Gasteiger partial charge in [0.15, 0.2) is 0 Å². The highest BCUT2D eigenvalue weighted by atomic mass is 15.0. The van der Waals surface area contributed by atoms with Gasteiger partial charge in [-0.05, 0) is 64.7 Å². The highest BCUT2D eigenvalue weighted by Gasteiger charge is 2.26. The summed E-state index contributed by atoms with van der Waals surface area (Å²) in [6, 6.07) is 71.6. The van der Waals surface area contributed by atoms with Crippen molar-refractivity contribution in [2.24, 2.45) is 0 Å². The molecule has 0 amide bonds. The predicted molar refractivity (Wildman–Crippen MR) is 268 cm³/mol. The minimum Gasteiger partial charge on any atom is -0.354 e. The summed E-state index contributed by atoms with van der Waals surface area (Å²) in [7, 11) is 0. The van der Waals surface area contributed by atoms with Crippen LogP contribution in [0.2, 0.25) is 0 Å². The fraction of sp³-hybridized carbons (Fsp3) is 0. The molecule has 0 atom stereocenters. The molecule has 2 aliphatic heterocycles. The molecule has 65 heavy (non-hydrogen) atoms. The van der Waals surface area contributed by atoms with Gasteiger partial charge < -0.3 is 15.0 Å². The quantitative estimate of drug-likeness (QED) is 0.149. The average Bonchev–Trinajstić information content (AvgIpc) is 4.24. The Morgan fingerprint density at radius 3 is 1.09 bits per heavy atom. The van der Waals surface area contributed by atoms with Crippen LogP contribution in [0.15, 0.2) is 206 Å². The topological polar surface area (TPSA) is 86.0 Å². The summed E-state index contributed by atoms with van der Waals surface area (Å²) in [5, 5.41) is 0. The van der Waals surface area contributed by atoms with Crippen LogP contribution in [0.25, 0.3) is 113 Å². The van der Waals surface area contributed by atoms with Crippen molar-refractivity contribution < 1.29 is 0 Å². The summed E-state index contributed by atoms with van der Waals surface area (Å²) in [5.74, 6) is 0.721. The lowest BCUT2D eigenvalue weighted by molar-refractivity contribution is 1.22. The second-order valence-electron chi connectivity index (χ2n) is 16.2. The second kappa shape index (κ2) is 16.1. The summed E-state index contributed by atoms with van der Waals surface area (Å²) in [5.41, 5.74) is 20.0. The molecule has 0 aliphatic carbocycles. The lowest BCUT2D eigenvalue weighted by Crippen LogP contribution is -1.94. The predicted octanol–water partition coefficient (Wildman–Crippen LogP) is 14.8. The van der Waals surface area contributed by atoms with Crippen LogP contribution < -0.4 is 0 Å². The van der Waals surface area contributed by atoms with Gasteiger partial charge in [-0.2, -0.15) is 0 Å². The van der Waals surface area contributed by atoms with E-state index in [0.717, 1.165) is 123 Å². The third-order valence-electron chi connectivity index (χ3n) is 12.2. The van der Waals surface area contributed by atoms with Gasteiger partial charge in [0.1, 0.15) is 5.82 Å². The highest BCUT2D eigenvalue weighted by Crippen LogP contribution is 2.43. The van der Waals surface area contributed by atoms with Gasteiger partial charge in [-0.25, -0.2) is 15.0 Å². The van der Waals surface area contributed by atoms with Crippen LogP contribution in [0.1, 0.15) is 28.6 Å². The second-order valence-corrected chi connectivity index (χ2v) is 16.2. The third kappa shape index (κ3) is 6.90. The number of nitrogens with zero attached hydrogens (tertiary/aromatic N) is 3. The van der Waals surface area contributed by atoms with E-state index in [0.29, 0.717) is 0 Å². The van der Waals surface area contributed by atoms with Crippen LogP contribution in [0.4, 0.5) is 0 Å². The van der Waals surface area contributed by atoms with Crippen LogP contribution in [0, 0.1) is 0 Å². The number of nitrogens with one attached hydrogen (secondary N) is 3. The molecular weight excluding hydrogens is 793 g/mol. The third-order valence-corrected chi connectivity index (χ3v) is 12.2. The van der Waals surface area contributed by atoms with E-state index in [1.807, 2.05) is 12.1 Å². The number of aromatic amines is 3. The van der Waals surface area contributed by atoms with Gasteiger partial charge in [0, 0.05) is 61.0 Å². The first kappa shape index (κ1) is 37.9. The van der Waals surface area contributed by atoms with Crippen molar-refractivity contribution in [2.45, 2.75) is 0 Å². The molecule has 6 heterocycles. The minimum absolute atomic E-state index is 0.721. The Kier molecular flexibility index (Phi) is 9.38. The van der Waals surface area contributed by atoms with Crippen molar-refractivity contribution in [1.82, 2.24) is 29.9 Å².